The van der Waals surface area contributed by atoms with Crippen molar-refractivity contribution in [3.05, 3.63) is 83.9 Å². The van der Waals surface area contributed by atoms with Gasteiger partial charge in [0.15, 0.2) is 0 Å². The van der Waals surface area contributed by atoms with Gasteiger partial charge >= 0.3 is 0 Å². The van der Waals surface area contributed by atoms with Crippen molar-refractivity contribution in [2.24, 2.45) is 0 Å². The first-order valence-corrected chi connectivity index (χ1v) is 10.2. The largest absolute Gasteiger partial charge is 0.396 e. The predicted octanol–water partition coefficient (Wildman–Crippen LogP) is 4.85. The van der Waals surface area contributed by atoms with E-state index in [2.05, 4.69) is 52.7 Å². The number of nitrogens with zero attached hydrogens (tertiary/aromatic N) is 2. The van der Waals surface area contributed by atoms with Crippen molar-refractivity contribution in [1.82, 2.24) is 15.5 Å². The van der Waals surface area contributed by atoms with Gasteiger partial charge in [0.1, 0.15) is 0 Å². The van der Waals surface area contributed by atoms with E-state index >= 15 is 0 Å². The van der Waals surface area contributed by atoms with Crippen LogP contribution in [0.4, 0.5) is 0 Å². The second-order valence-electron chi connectivity index (χ2n) is 7.22. The van der Waals surface area contributed by atoms with Crippen LogP contribution >= 0.6 is 0 Å². The monoisotopic (exact) mass is 399 g/mol. The molecule has 2 N–H and O–H groups in total. The van der Waals surface area contributed by atoms with Crippen LogP contribution in [0.5, 0.6) is 0 Å². The van der Waals surface area contributed by atoms with Crippen molar-refractivity contribution in [3.8, 4) is 34.0 Å². The van der Waals surface area contributed by atoms with E-state index in [-0.39, 0.29) is 6.61 Å². The molecular formula is C25H25N3O2. The van der Waals surface area contributed by atoms with Crippen molar-refractivity contribution in [2.45, 2.75) is 19.9 Å². The van der Waals surface area contributed by atoms with E-state index in [1.54, 1.807) is 0 Å². The Bertz CT molecular complexity index is 1110. The van der Waals surface area contributed by atoms with E-state index in [9.17, 15) is 0 Å². The Balaban J connectivity index is 1.58. The second-order valence-corrected chi connectivity index (χ2v) is 7.22. The highest BCUT2D eigenvalue weighted by Gasteiger charge is 2.15. The summed E-state index contributed by atoms with van der Waals surface area (Å²) in [6.45, 7) is 3.80. The molecule has 3 aromatic carbocycles. The molecule has 1 heterocycles. The highest BCUT2D eigenvalue weighted by molar-refractivity contribution is 5.75. The molecule has 0 bridgehead atoms. The molecule has 0 aliphatic rings. The number of hydrogen-bond acceptors (Lipinski definition) is 5. The highest BCUT2D eigenvalue weighted by atomic mass is 16.5. The summed E-state index contributed by atoms with van der Waals surface area (Å²) in [5, 5.41) is 16.4. The molecular weight excluding hydrogens is 374 g/mol. The average molecular weight is 399 g/mol. The molecule has 0 amide bonds. The van der Waals surface area contributed by atoms with Gasteiger partial charge in [-0.1, -0.05) is 65.8 Å². The van der Waals surface area contributed by atoms with Crippen LogP contribution in [0.1, 0.15) is 17.5 Å². The van der Waals surface area contributed by atoms with Crippen LogP contribution in [-0.2, 0) is 6.54 Å². The van der Waals surface area contributed by atoms with Gasteiger partial charge in [-0.05, 0) is 54.3 Å². The van der Waals surface area contributed by atoms with Gasteiger partial charge in [0, 0.05) is 24.3 Å². The van der Waals surface area contributed by atoms with Crippen LogP contribution in [-0.4, -0.2) is 28.4 Å². The van der Waals surface area contributed by atoms with Crippen molar-refractivity contribution < 1.29 is 9.63 Å². The molecule has 0 aliphatic heterocycles. The van der Waals surface area contributed by atoms with Crippen molar-refractivity contribution in [3.63, 3.8) is 0 Å². The average Bonchev–Trinajstić information content (AvgIpc) is 3.28. The Morgan fingerprint density at radius 2 is 1.67 bits per heavy atom. The standard InChI is InChI=1S/C25H25N3O2/c1-18-22(20-9-3-2-4-10-20)12-6-13-23(18)25-27-24(28-30-25)21-11-5-8-19(16-21)17-26-14-7-15-29/h2-6,8-13,16,26,29H,7,14-15,17H2,1H3. The first-order valence-electron chi connectivity index (χ1n) is 10.2. The number of hydrogen-bond donors (Lipinski definition) is 2. The molecule has 0 saturated heterocycles. The highest BCUT2D eigenvalue weighted by Crippen LogP contribution is 2.31. The zero-order valence-electron chi connectivity index (χ0n) is 17.0. The summed E-state index contributed by atoms with van der Waals surface area (Å²) in [7, 11) is 0. The van der Waals surface area contributed by atoms with Gasteiger partial charge in [0.05, 0.1) is 0 Å². The third kappa shape index (κ3) is 4.48. The van der Waals surface area contributed by atoms with Crippen LogP contribution < -0.4 is 5.32 Å². The number of aromatic nitrogens is 2. The molecule has 4 rings (SSSR count). The smallest absolute Gasteiger partial charge is 0.258 e. The summed E-state index contributed by atoms with van der Waals surface area (Å²) in [4.78, 5) is 4.67. The van der Waals surface area contributed by atoms with Crippen LogP contribution in [0, 0.1) is 6.92 Å². The summed E-state index contributed by atoms with van der Waals surface area (Å²) in [6.07, 6.45) is 0.745. The van der Waals surface area contributed by atoms with Crippen LogP contribution in [0.2, 0.25) is 0 Å². The summed E-state index contributed by atoms with van der Waals surface area (Å²) < 4.78 is 5.63. The van der Waals surface area contributed by atoms with E-state index in [4.69, 9.17) is 9.63 Å². The minimum atomic E-state index is 0.198. The van der Waals surface area contributed by atoms with E-state index < -0.39 is 0 Å². The van der Waals surface area contributed by atoms with Crippen LogP contribution in [0.3, 0.4) is 0 Å². The summed E-state index contributed by atoms with van der Waals surface area (Å²) in [5.41, 5.74) is 6.43. The van der Waals surface area contributed by atoms with Gasteiger partial charge in [0.2, 0.25) is 5.82 Å². The first-order chi connectivity index (χ1) is 14.8. The second kappa shape index (κ2) is 9.48. The van der Waals surface area contributed by atoms with E-state index in [1.807, 2.05) is 42.5 Å². The number of aliphatic hydroxyl groups excluding tert-OH is 1. The fourth-order valence-electron chi connectivity index (χ4n) is 3.51. The molecule has 0 spiro atoms. The molecule has 0 radical (unpaired) electrons. The lowest BCUT2D eigenvalue weighted by Gasteiger charge is -2.08. The lowest BCUT2D eigenvalue weighted by atomic mass is 9.96. The number of benzene rings is 3. The lowest BCUT2D eigenvalue weighted by molar-refractivity contribution is 0.286. The Kier molecular flexibility index (Phi) is 6.32. The SMILES string of the molecule is Cc1c(-c2ccccc2)cccc1-c1nc(-c2cccc(CNCCCO)c2)no1. The molecule has 152 valence electrons. The molecule has 0 atom stereocenters. The molecule has 1 aromatic heterocycles. The van der Waals surface area contributed by atoms with Gasteiger partial charge in [-0.3, -0.25) is 0 Å². The lowest BCUT2D eigenvalue weighted by Crippen LogP contribution is -2.15. The van der Waals surface area contributed by atoms with Crippen molar-refractivity contribution in [1.29, 1.82) is 0 Å². The van der Waals surface area contributed by atoms with Gasteiger partial charge in [-0.25, -0.2) is 0 Å². The van der Waals surface area contributed by atoms with E-state index in [0.717, 1.165) is 52.9 Å². The van der Waals surface area contributed by atoms with Crippen LogP contribution in [0.25, 0.3) is 34.0 Å². The molecule has 4 aromatic rings. The third-order valence-corrected chi connectivity index (χ3v) is 5.10. The minimum Gasteiger partial charge on any atom is -0.396 e. The zero-order chi connectivity index (χ0) is 20.8. The molecule has 5 nitrogen and oxygen atoms in total. The number of nitrogens with one attached hydrogen (secondary N) is 1. The number of aliphatic hydroxyl groups is 1. The van der Waals surface area contributed by atoms with E-state index in [0.29, 0.717) is 11.7 Å². The van der Waals surface area contributed by atoms with Gasteiger partial charge < -0.3 is 14.9 Å². The normalized spacial score (nSPS) is 11.0. The molecule has 0 unspecified atom stereocenters. The van der Waals surface area contributed by atoms with E-state index in [1.165, 1.54) is 0 Å². The predicted molar refractivity (Wildman–Crippen MR) is 119 cm³/mol. The third-order valence-electron chi connectivity index (χ3n) is 5.10. The first kappa shape index (κ1) is 20.0. The van der Waals surface area contributed by atoms with Gasteiger partial charge in [-0.15, -0.1) is 0 Å². The quantitative estimate of drug-likeness (QED) is 0.415. The Morgan fingerprint density at radius 3 is 2.50 bits per heavy atom. The molecule has 0 aliphatic carbocycles. The molecule has 0 saturated carbocycles. The topological polar surface area (TPSA) is 71.2 Å². The summed E-state index contributed by atoms with van der Waals surface area (Å²) in [5.74, 6) is 1.10. The summed E-state index contributed by atoms with van der Waals surface area (Å²) in [6, 6.07) is 24.6. The summed E-state index contributed by atoms with van der Waals surface area (Å²) >= 11 is 0. The zero-order valence-corrected chi connectivity index (χ0v) is 17.0. The van der Waals surface area contributed by atoms with Crippen molar-refractivity contribution >= 4 is 0 Å². The maximum atomic E-state index is 8.89. The van der Waals surface area contributed by atoms with Crippen LogP contribution in [0.15, 0.2) is 77.3 Å². The number of rotatable bonds is 8. The minimum absolute atomic E-state index is 0.198. The Labute approximate surface area is 176 Å². The fourth-order valence-corrected chi connectivity index (χ4v) is 3.51. The molecule has 0 fully saturated rings. The maximum Gasteiger partial charge on any atom is 0.258 e. The molecule has 5 heteroatoms. The Hall–Kier alpha value is -3.28. The van der Waals surface area contributed by atoms with Gasteiger partial charge in [-0.2, -0.15) is 4.98 Å². The molecule has 30 heavy (non-hydrogen) atoms. The Morgan fingerprint density at radius 1 is 0.900 bits per heavy atom. The van der Waals surface area contributed by atoms with Gasteiger partial charge in [0.25, 0.3) is 5.89 Å². The van der Waals surface area contributed by atoms with Crippen molar-refractivity contribution in [2.75, 3.05) is 13.2 Å². The fraction of sp³-hybridized carbons (Fsp3) is 0.200. The maximum absolute atomic E-state index is 8.89.